The van der Waals surface area contributed by atoms with E-state index in [-0.39, 0.29) is 17.1 Å². The molecule has 2 N–H and O–H groups in total. The van der Waals surface area contributed by atoms with Crippen LogP contribution in [0, 0.1) is 5.82 Å². The Labute approximate surface area is 184 Å². The maximum Gasteiger partial charge on any atom is 0.322 e. The monoisotopic (exact) mass is 489 g/mol. The van der Waals surface area contributed by atoms with Gasteiger partial charge in [0.1, 0.15) is 10.8 Å². The summed E-state index contributed by atoms with van der Waals surface area (Å²) in [6.45, 7) is 0.595. The lowest BCUT2D eigenvalue weighted by Crippen LogP contribution is -2.34. The first kappa shape index (κ1) is 20.4. The van der Waals surface area contributed by atoms with Gasteiger partial charge in [0.2, 0.25) is 5.01 Å². The lowest BCUT2D eigenvalue weighted by Gasteiger charge is -2.23. The fourth-order valence-electron chi connectivity index (χ4n) is 3.21. The highest BCUT2D eigenvalue weighted by molar-refractivity contribution is 9.10. The molecule has 1 saturated heterocycles. The van der Waals surface area contributed by atoms with E-state index in [1.165, 1.54) is 18.2 Å². The molecule has 0 spiro atoms. The second-order valence-corrected chi connectivity index (χ2v) is 8.62. The fraction of sp³-hybridized carbons (Fsp3) is 0.200. The van der Waals surface area contributed by atoms with Crippen LogP contribution in [0.25, 0.3) is 0 Å². The number of nitrogens with one attached hydrogen (secondary N) is 2. The Balaban J connectivity index is 1.44. The van der Waals surface area contributed by atoms with Crippen LogP contribution in [-0.4, -0.2) is 33.6 Å². The number of hydrogen-bond acceptors (Lipinski definition) is 5. The normalized spacial score (nSPS) is 15.8. The van der Waals surface area contributed by atoms with Crippen molar-refractivity contribution in [1.29, 1.82) is 0 Å². The number of amides is 3. The van der Waals surface area contributed by atoms with E-state index in [4.69, 9.17) is 0 Å². The zero-order chi connectivity index (χ0) is 21.1. The minimum atomic E-state index is -0.465. The molecule has 2 heterocycles. The number of anilines is 2. The average Bonchev–Trinajstić information content (AvgIpc) is 3.39. The number of likely N-dealkylation sites (tertiary alicyclic amines) is 1. The molecule has 1 aliphatic rings. The first-order valence-corrected chi connectivity index (χ1v) is 10.8. The third-order valence-corrected chi connectivity index (χ3v) is 6.16. The van der Waals surface area contributed by atoms with Crippen molar-refractivity contribution in [2.24, 2.45) is 0 Å². The lowest BCUT2D eigenvalue weighted by atomic mass is 10.2. The molecule has 2 aromatic carbocycles. The molecule has 1 atom stereocenters. The van der Waals surface area contributed by atoms with Crippen molar-refractivity contribution in [3.63, 3.8) is 0 Å². The highest BCUT2D eigenvalue weighted by Gasteiger charge is 2.33. The predicted molar refractivity (Wildman–Crippen MR) is 116 cm³/mol. The Morgan fingerprint density at radius 3 is 2.67 bits per heavy atom. The minimum absolute atomic E-state index is 0.162. The Morgan fingerprint density at radius 1 is 1.10 bits per heavy atom. The lowest BCUT2D eigenvalue weighted by molar-refractivity contribution is 0.102. The number of hydrogen-bond donors (Lipinski definition) is 2. The fourth-order valence-corrected chi connectivity index (χ4v) is 4.36. The zero-order valence-corrected chi connectivity index (χ0v) is 18.0. The smallest absolute Gasteiger partial charge is 0.320 e. The molecule has 1 fully saturated rings. The van der Waals surface area contributed by atoms with Crippen molar-refractivity contribution in [1.82, 2.24) is 15.1 Å². The summed E-state index contributed by atoms with van der Waals surface area (Å²) >= 11 is 4.50. The summed E-state index contributed by atoms with van der Waals surface area (Å²) in [5.74, 6) is -0.905. The molecular weight excluding hydrogens is 473 g/mol. The van der Waals surface area contributed by atoms with Crippen LogP contribution in [0.4, 0.5) is 20.6 Å². The number of urea groups is 1. The molecule has 0 radical (unpaired) electrons. The van der Waals surface area contributed by atoms with Gasteiger partial charge >= 0.3 is 6.03 Å². The molecule has 154 valence electrons. The highest BCUT2D eigenvalue weighted by atomic mass is 79.9. The summed E-state index contributed by atoms with van der Waals surface area (Å²) in [5, 5.41) is 14.4. The van der Waals surface area contributed by atoms with E-state index >= 15 is 0 Å². The van der Waals surface area contributed by atoms with Gasteiger partial charge in [-0.15, -0.1) is 10.2 Å². The van der Waals surface area contributed by atoms with Crippen molar-refractivity contribution >= 4 is 50.6 Å². The van der Waals surface area contributed by atoms with Gasteiger partial charge in [-0.25, -0.2) is 9.18 Å². The van der Waals surface area contributed by atoms with Crippen LogP contribution in [-0.2, 0) is 0 Å². The van der Waals surface area contributed by atoms with Crippen LogP contribution >= 0.6 is 27.3 Å². The molecule has 3 amide bonds. The van der Waals surface area contributed by atoms with E-state index in [0.717, 1.165) is 28.7 Å². The third-order valence-electron chi connectivity index (χ3n) is 4.61. The maximum absolute atomic E-state index is 13.3. The summed E-state index contributed by atoms with van der Waals surface area (Å²) in [7, 11) is 0. The second kappa shape index (κ2) is 8.88. The molecule has 4 rings (SSSR count). The van der Waals surface area contributed by atoms with E-state index in [1.807, 2.05) is 24.3 Å². The van der Waals surface area contributed by atoms with Crippen LogP contribution < -0.4 is 10.6 Å². The molecule has 30 heavy (non-hydrogen) atoms. The summed E-state index contributed by atoms with van der Waals surface area (Å²) < 4.78 is 14.2. The first-order valence-electron chi connectivity index (χ1n) is 9.23. The molecule has 1 aromatic heterocycles. The van der Waals surface area contributed by atoms with E-state index in [0.29, 0.717) is 22.9 Å². The first-order chi connectivity index (χ1) is 14.5. The van der Waals surface area contributed by atoms with Crippen LogP contribution in [0.2, 0.25) is 0 Å². The zero-order valence-electron chi connectivity index (χ0n) is 15.6. The summed E-state index contributed by atoms with van der Waals surface area (Å²) in [6, 6.07) is 12.5. The van der Waals surface area contributed by atoms with Crippen molar-refractivity contribution in [2.45, 2.75) is 18.9 Å². The highest BCUT2D eigenvalue weighted by Crippen LogP contribution is 2.34. The van der Waals surface area contributed by atoms with Gasteiger partial charge in [-0.2, -0.15) is 0 Å². The summed E-state index contributed by atoms with van der Waals surface area (Å²) in [5.41, 5.74) is 1.04. The van der Waals surface area contributed by atoms with Crippen LogP contribution in [0.5, 0.6) is 0 Å². The Morgan fingerprint density at radius 2 is 1.90 bits per heavy atom. The van der Waals surface area contributed by atoms with Gasteiger partial charge in [-0.3, -0.25) is 4.79 Å². The number of carbonyl (C=O) groups excluding carboxylic acids is 2. The number of benzene rings is 2. The molecule has 0 aliphatic carbocycles. The Kier molecular flexibility index (Phi) is 6.05. The predicted octanol–water partition coefficient (Wildman–Crippen LogP) is 5.06. The SMILES string of the molecule is O=C(Nc1cccc(F)c1)c1nnc([C@H]2CCCN2C(=O)Nc2ccc(Br)cc2)s1. The summed E-state index contributed by atoms with van der Waals surface area (Å²) in [4.78, 5) is 26.9. The van der Waals surface area contributed by atoms with Crippen LogP contribution in [0.3, 0.4) is 0 Å². The van der Waals surface area contributed by atoms with Crippen molar-refractivity contribution < 1.29 is 14.0 Å². The quantitative estimate of drug-likeness (QED) is 0.535. The number of halogens is 2. The number of nitrogens with zero attached hydrogens (tertiary/aromatic N) is 3. The molecule has 0 bridgehead atoms. The molecule has 10 heteroatoms. The van der Waals surface area contributed by atoms with Crippen molar-refractivity contribution in [2.75, 3.05) is 17.2 Å². The van der Waals surface area contributed by atoms with Gasteiger partial charge in [-0.1, -0.05) is 33.3 Å². The topological polar surface area (TPSA) is 87.2 Å². The Bertz CT molecular complexity index is 1080. The van der Waals surface area contributed by atoms with Gasteiger partial charge in [0.25, 0.3) is 5.91 Å². The van der Waals surface area contributed by atoms with Gasteiger partial charge < -0.3 is 15.5 Å². The molecule has 7 nitrogen and oxygen atoms in total. The number of rotatable bonds is 4. The van der Waals surface area contributed by atoms with Gasteiger partial charge in [-0.05, 0) is 55.3 Å². The third kappa shape index (κ3) is 4.65. The standard InChI is InChI=1S/C20H17BrFN5O2S/c21-12-6-8-14(9-7-12)24-20(29)27-10-2-5-16(27)18-25-26-19(30-18)17(28)23-15-4-1-3-13(22)11-15/h1,3-4,6-9,11,16H,2,5,10H2,(H,23,28)(H,24,29)/t16-/m1/s1. The van der Waals surface area contributed by atoms with Crippen molar-refractivity contribution in [3.8, 4) is 0 Å². The van der Waals surface area contributed by atoms with E-state index in [2.05, 4.69) is 36.8 Å². The molecule has 1 aliphatic heterocycles. The Hall–Kier alpha value is -2.85. The maximum atomic E-state index is 13.3. The molecular formula is C20H17BrFN5O2S. The van der Waals surface area contributed by atoms with E-state index in [9.17, 15) is 14.0 Å². The number of aromatic nitrogens is 2. The number of carbonyl (C=O) groups is 2. The summed E-state index contributed by atoms with van der Waals surface area (Å²) in [6.07, 6.45) is 1.58. The van der Waals surface area contributed by atoms with Gasteiger partial charge in [0.15, 0.2) is 0 Å². The second-order valence-electron chi connectivity index (χ2n) is 6.70. The van der Waals surface area contributed by atoms with E-state index < -0.39 is 11.7 Å². The van der Waals surface area contributed by atoms with E-state index in [1.54, 1.807) is 11.0 Å². The van der Waals surface area contributed by atoms with Crippen molar-refractivity contribution in [3.05, 3.63) is 68.8 Å². The molecule has 0 unspecified atom stereocenters. The molecule has 0 saturated carbocycles. The van der Waals surface area contributed by atoms with Gasteiger partial charge in [0, 0.05) is 22.4 Å². The molecule has 3 aromatic rings. The minimum Gasteiger partial charge on any atom is -0.320 e. The average molecular weight is 490 g/mol. The van der Waals surface area contributed by atoms with Crippen LogP contribution in [0.15, 0.2) is 53.0 Å². The van der Waals surface area contributed by atoms with Crippen LogP contribution in [0.1, 0.15) is 33.7 Å². The largest absolute Gasteiger partial charge is 0.322 e. The van der Waals surface area contributed by atoms with Gasteiger partial charge in [0.05, 0.1) is 6.04 Å².